The number of carbonyl (C=O) groups excluding carboxylic acids is 1. The highest BCUT2D eigenvalue weighted by Gasteiger charge is 2.36. The maximum Gasteiger partial charge on any atom is 0.270 e. The molecule has 6 nitrogen and oxygen atoms in total. The molecule has 0 aliphatic carbocycles. The molecule has 0 bridgehead atoms. The standard InChI is InChI=1S/C21H36N4O2/c1-17(2)25-9-4-7-20(25)21(27)24-10-8-19(18(16-24)6-5-15-26)23-13-11-22(3)12-14-23/h4,7,9,17-19,26H,5-6,8,10-16H2,1-3H3/t18-,19+/m0/s1. The van der Waals surface area contributed by atoms with Crippen molar-refractivity contribution in [2.24, 2.45) is 5.92 Å². The SMILES string of the molecule is CC(C)n1cccc1C(=O)N1CC[C@@H](N2CCN(C)CC2)[C@@H](CCCO)C1. The van der Waals surface area contributed by atoms with E-state index in [1.165, 1.54) is 0 Å². The van der Waals surface area contributed by atoms with E-state index < -0.39 is 0 Å². The number of rotatable bonds is 6. The van der Waals surface area contributed by atoms with Crippen molar-refractivity contribution in [3.8, 4) is 0 Å². The average Bonchev–Trinajstić information content (AvgIpc) is 3.16. The van der Waals surface area contributed by atoms with Gasteiger partial charge in [0, 0.05) is 64.2 Å². The summed E-state index contributed by atoms with van der Waals surface area (Å²) < 4.78 is 2.07. The molecule has 2 saturated heterocycles. The number of hydrogen-bond acceptors (Lipinski definition) is 4. The fourth-order valence-electron chi connectivity index (χ4n) is 4.66. The second kappa shape index (κ2) is 9.22. The molecular weight excluding hydrogens is 340 g/mol. The number of amides is 1. The van der Waals surface area contributed by atoms with Gasteiger partial charge in [0.2, 0.25) is 0 Å². The van der Waals surface area contributed by atoms with Crippen molar-refractivity contribution in [3.63, 3.8) is 0 Å². The lowest BCUT2D eigenvalue weighted by Crippen LogP contribution is -2.57. The third-order valence-electron chi connectivity index (χ3n) is 6.28. The number of likely N-dealkylation sites (tertiary alicyclic amines) is 1. The topological polar surface area (TPSA) is 52.0 Å². The van der Waals surface area contributed by atoms with E-state index in [4.69, 9.17) is 0 Å². The van der Waals surface area contributed by atoms with Gasteiger partial charge in [0.25, 0.3) is 5.91 Å². The first-order valence-electron chi connectivity index (χ1n) is 10.5. The molecule has 2 atom stereocenters. The highest BCUT2D eigenvalue weighted by Crippen LogP contribution is 2.28. The molecule has 0 aromatic carbocycles. The van der Waals surface area contributed by atoms with Crippen LogP contribution in [0.15, 0.2) is 18.3 Å². The first kappa shape index (κ1) is 20.4. The van der Waals surface area contributed by atoms with Crippen molar-refractivity contribution in [2.75, 3.05) is 52.9 Å². The minimum absolute atomic E-state index is 0.152. The van der Waals surface area contributed by atoms with Crippen molar-refractivity contribution in [1.82, 2.24) is 19.3 Å². The highest BCUT2D eigenvalue weighted by molar-refractivity contribution is 5.93. The summed E-state index contributed by atoms with van der Waals surface area (Å²) >= 11 is 0. The zero-order chi connectivity index (χ0) is 19.4. The van der Waals surface area contributed by atoms with Gasteiger partial charge in [0.1, 0.15) is 5.69 Å². The number of hydrogen-bond donors (Lipinski definition) is 1. The third kappa shape index (κ3) is 4.73. The van der Waals surface area contributed by atoms with Gasteiger partial charge in [-0.05, 0) is 58.2 Å². The molecule has 27 heavy (non-hydrogen) atoms. The molecule has 152 valence electrons. The van der Waals surface area contributed by atoms with Gasteiger partial charge in [0.15, 0.2) is 0 Å². The van der Waals surface area contributed by atoms with Crippen LogP contribution in [0, 0.1) is 5.92 Å². The van der Waals surface area contributed by atoms with Crippen LogP contribution in [-0.4, -0.2) is 89.2 Å². The number of piperazine rings is 1. The zero-order valence-electron chi connectivity index (χ0n) is 17.2. The molecule has 2 aliphatic rings. The van der Waals surface area contributed by atoms with E-state index in [1.54, 1.807) is 0 Å². The van der Waals surface area contributed by atoms with Gasteiger partial charge in [-0.2, -0.15) is 0 Å². The minimum Gasteiger partial charge on any atom is -0.396 e. The van der Waals surface area contributed by atoms with Gasteiger partial charge >= 0.3 is 0 Å². The Kier molecular flexibility index (Phi) is 6.95. The molecule has 3 rings (SSSR count). The molecular formula is C21H36N4O2. The predicted molar refractivity (Wildman–Crippen MR) is 108 cm³/mol. The van der Waals surface area contributed by atoms with E-state index in [0.717, 1.165) is 64.2 Å². The highest BCUT2D eigenvalue weighted by atomic mass is 16.3. The molecule has 0 unspecified atom stereocenters. The normalized spacial score (nSPS) is 25.3. The summed E-state index contributed by atoms with van der Waals surface area (Å²) in [5.41, 5.74) is 0.795. The lowest BCUT2D eigenvalue weighted by molar-refractivity contribution is 0.0213. The maximum atomic E-state index is 13.2. The summed E-state index contributed by atoms with van der Waals surface area (Å²) in [5, 5.41) is 9.35. The van der Waals surface area contributed by atoms with Crippen molar-refractivity contribution in [3.05, 3.63) is 24.0 Å². The van der Waals surface area contributed by atoms with E-state index in [1.807, 2.05) is 23.2 Å². The molecule has 1 aromatic rings. The predicted octanol–water partition coefficient (Wildman–Crippen LogP) is 1.92. The Morgan fingerprint density at radius 2 is 1.96 bits per heavy atom. The fourth-order valence-corrected chi connectivity index (χ4v) is 4.66. The molecule has 1 amide bonds. The summed E-state index contributed by atoms with van der Waals surface area (Å²) in [7, 11) is 2.19. The first-order chi connectivity index (χ1) is 13.0. The Morgan fingerprint density at radius 3 is 2.63 bits per heavy atom. The Morgan fingerprint density at radius 1 is 1.22 bits per heavy atom. The summed E-state index contributed by atoms with van der Waals surface area (Å²) in [6.07, 6.45) is 4.84. The van der Waals surface area contributed by atoms with Crippen molar-refractivity contribution < 1.29 is 9.90 Å². The number of nitrogens with zero attached hydrogens (tertiary/aromatic N) is 4. The van der Waals surface area contributed by atoms with E-state index in [9.17, 15) is 9.90 Å². The van der Waals surface area contributed by atoms with E-state index >= 15 is 0 Å². The lowest BCUT2D eigenvalue weighted by atomic mass is 9.86. The smallest absolute Gasteiger partial charge is 0.270 e. The summed E-state index contributed by atoms with van der Waals surface area (Å²) in [6, 6.07) is 4.73. The van der Waals surface area contributed by atoms with Crippen LogP contribution in [0.4, 0.5) is 0 Å². The van der Waals surface area contributed by atoms with Crippen LogP contribution in [0.2, 0.25) is 0 Å². The largest absolute Gasteiger partial charge is 0.396 e. The zero-order valence-corrected chi connectivity index (χ0v) is 17.2. The summed E-state index contributed by atoms with van der Waals surface area (Å²) in [6.45, 7) is 10.5. The molecule has 6 heteroatoms. The quantitative estimate of drug-likeness (QED) is 0.824. The van der Waals surface area contributed by atoms with Crippen molar-refractivity contribution in [1.29, 1.82) is 0 Å². The van der Waals surface area contributed by atoms with Gasteiger partial charge in [-0.1, -0.05) is 0 Å². The van der Waals surface area contributed by atoms with Crippen LogP contribution in [-0.2, 0) is 0 Å². The monoisotopic (exact) mass is 376 g/mol. The molecule has 0 spiro atoms. The Hall–Kier alpha value is -1.37. The number of aliphatic hydroxyl groups excluding tert-OH is 1. The molecule has 1 aromatic heterocycles. The van der Waals surface area contributed by atoms with Gasteiger partial charge in [-0.3, -0.25) is 9.69 Å². The van der Waals surface area contributed by atoms with Gasteiger partial charge in [-0.15, -0.1) is 0 Å². The summed E-state index contributed by atoms with van der Waals surface area (Å²) in [5.74, 6) is 0.597. The Labute approximate surface area is 163 Å². The third-order valence-corrected chi connectivity index (χ3v) is 6.28. The number of aromatic nitrogens is 1. The van der Waals surface area contributed by atoms with Crippen LogP contribution < -0.4 is 0 Å². The molecule has 1 N–H and O–H groups in total. The molecule has 3 heterocycles. The van der Waals surface area contributed by atoms with Gasteiger partial charge in [-0.25, -0.2) is 0 Å². The lowest BCUT2D eigenvalue weighted by Gasteiger charge is -2.46. The first-order valence-corrected chi connectivity index (χ1v) is 10.5. The van der Waals surface area contributed by atoms with Gasteiger partial charge < -0.3 is 19.5 Å². The number of aliphatic hydroxyl groups is 1. The Balaban J connectivity index is 1.69. The van der Waals surface area contributed by atoms with Crippen LogP contribution in [0.3, 0.4) is 0 Å². The van der Waals surface area contributed by atoms with Crippen molar-refractivity contribution in [2.45, 2.75) is 45.2 Å². The van der Waals surface area contributed by atoms with Gasteiger partial charge in [0.05, 0.1) is 0 Å². The van der Waals surface area contributed by atoms with E-state index in [-0.39, 0.29) is 18.6 Å². The molecule has 2 aliphatic heterocycles. The second-order valence-corrected chi connectivity index (χ2v) is 8.47. The molecule has 2 fully saturated rings. The average molecular weight is 377 g/mol. The van der Waals surface area contributed by atoms with Crippen molar-refractivity contribution >= 4 is 5.91 Å². The minimum atomic E-state index is 0.152. The number of piperidine rings is 1. The van der Waals surface area contributed by atoms with Crippen LogP contribution in [0.1, 0.15) is 49.6 Å². The molecule has 0 saturated carbocycles. The molecule has 0 radical (unpaired) electrons. The second-order valence-electron chi connectivity index (χ2n) is 8.47. The van der Waals surface area contributed by atoms with E-state index in [2.05, 4.69) is 35.3 Å². The van der Waals surface area contributed by atoms with Crippen LogP contribution in [0.25, 0.3) is 0 Å². The number of carbonyl (C=O) groups is 1. The Bertz CT molecular complexity index is 607. The van der Waals surface area contributed by atoms with Crippen LogP contribution >= 0.6 is 0 Å². The van der Waals surface area contributed by atoms with E-state index in [0.29, 0.717) is 12.0 Å². The fraction of sp³-hybridized carbons (Fsp3) is 0.762. The summed E-state index contributed by atoms with van der Waals surface area (Å²) in [4.78, 5) is 20.2. The van der Waals surface area contributed by atoms with Crippen LogP contribution in [0.5, 0.6) is 0 Å². The maximum absolute atomic E-state index is 13.2. The number of likely N-dealkylation sites (N-methyl/N-ethyl adjacent to an activating group) is 1.